The molecule has 1 aliphatic carbocycles. The highest BCUT2D eigenvalue weighted by Crippen LogP contribution is 2.48. The van der Waals surface area contributed by atoms with Gasteiger partial charge in [-0.1, -0.05) is 31.2 Å². The molecule has 11 nitrogen and oxygen atoms in total. The van der Waals surface area contributed by atoms with Gasteiger partial charge >= 0.3 is 5.97 Å². The molecule has 51 heavy (non-hydrogen) atoms. The Bertz CT molecular complexity index is 2030. The molecule has 3 aromatic carbocycles. The lowest BCUT2D eigenvalue weighted by Gasteiger charge is -2.25. The second-order valence-electron chi connectivity index (χ2n) is 12.1. The fraction of sp³-hybridized carbons (Fsp3) is 0.342. The number of hydrogen-bond acceptors (Lipinski definition) is 10. The molecule has 5 rings (SSSR count). The van der Waals surface area contributed by atoms with Crippen molar-refractivity contribution in [3.05, 3.63) is 94.8 Å². The van der Waals surface area contributed by atoms with Crippen LogP contribution >= 0.6 is 0 Å². The zero-order chi connectivity index (χ0) is 36.7. The Morgan fingerprint density at radius 3 is 2.29 bits per heavy atom. The maximum atomic E-state index is 13.7. The predicted octanol–water partition coefficient (Wildman–Crippen LogP) is 6.74. The number of ether oxygens (including phenoxy) is 3. The number of sulfonamides is 1. The summed E-state index contributed by atoms with van der Waals surface area (Å²) < 4.78 is 63.5. The largest absolute Gasteiger partial charge is 0.507 e. The monoisotopic (exact) mass is 721 g/mol. The Kier molecular flexibility index (Phi) is 12.1. The zero-order valence-electron chi connectivity index (χ0n) is 28.6. The van der Waals surface area contributed by atoms with Crippen molar-refractivity contribution >= 4 is 50.0 Å². The lowest BCUT2D eigenvalue weighted by Crippen LogP contribution is -2.34. The van der Waals surface area contributed by atoms with Gasteiger partial charge in [0.25, 0.3) is 5.78 Å². The van der Waals surface area contributed by atoms with Crippen LogP contribution in [0.15, 0.2) is 71.2 Å². The second-order valence-corrected chi connectivity index (χ2v) is 14.0. The molecular weight excluding hydrogens is 681 g/mol. The summed E-state index contributed by atoms with van der Waals surface area (Å²) in [6, 6.07) is 15.8. The van der Waals surface area contributed by atoms with Crippen LogP contribution in [0.1, 0.15) is 66.1 Å². The van der Waals surface area contributed by atoms with Crippen LogP contribution < -0.4 is 4.31 Å². The third-order valence-electron chi connectivity index (χ3n) is 8.30. The van der Waals surface area contributed by atoms with Gasteiger partial charge in [0.05, 0.1) is 57.1 Å². The van der Waals surface area contributed by atoms with E-state index in [-0.39, 0.29) is 63.5 Å². The van der Waals surface area contributed by atoms with Gasteiger partial charge < -0.3 is 23.7 Å². The van der Waals surface area contributed by atoms with Crippen molar-refractivity contribution < 1.29 is 50.9 Å². The molecule has 1 aromatic heterocycles. The number of carbonyl (C=O) groups excluding carboxylic acids is 3. The van der Waals surface area contributed by atoms with E-state index in [0.29, 0.717) is 39.1 Å². The molecule has 0 aliphatic heterocycles. The molecule has 270 valence electrons. The van der Waals surface area contributed by atoms with E-state index in [9.17, 15) is 32.3 Å². The van der Waals surface area contributed by atoms with E-state index < -0.39 is 27.6 Å². The van der Waals surface area contributed by atoms with Crippen molar-refractivity contribution in [3.8, 4) is 11.3 Å². The van der Waals surface area contributed by atoms with E-state index in [0.717, 1.165) is 36.3 Å². The van der Waals surface area contributed by atoms with E-state index >= 15 is 0 Å². The molecule has 4 aromatic rings. The topological polar surface area (TPSA) is 150 Å². The third kappa shape index (κ3) is 9.29. The first-order chi connectivity index (χ1) is 24.4. The number of anilines is 1. The van der Waals surface area contributed by atoms with Crippen molar-refractivity contribution in [2.75, 3.05) is 43.5 Å². The van der Waals surface area contributed by atoms with E-state index in [1.54, 1.807) is 56.3 Å². The Morgan fingerprint density at radius 2 is 1.67 bits per heavy atom. The summed E-state index contributed by atoms with van der Waals surface area (Å²) >= 11 is 0. The molecule has 1 fully saturated rings. The Balaban J connectivity index is 1.22. The van der Waals surface area contributed by atoms with E-state index in [2.05, 4.69) is 4.74 Å². The number of aliphatic hydroxyl groups is 1. The van der Waals surface area contributed by atoms with E-state index in [4.69, 9.17) is 13.9 Å². The van der Waals surface area contributed by atoms with Gasteiger partial charge in [-0.05, 0) is 67.1 Å². The molecule has 0 spiro atoms. The number of furan rings is 1. The molecular formula is C38H40FNO10S. The first kappa shape index (κ1) is 37.4. The summed E-state index contributed by atoms with van der Waals surface area (Å²) in [7, 11) is -3.74. The van der Waals surface area contributed by atoms with Crippen molar-refractivity contribution in [2.24, 2.45) is 0 Å². The maximum Gasteiger partial charge on any atom is 0.379 e. The van der Waals surface area contributed by atoms with Gasteiger partial charge in [-0.2, -0.15) is 0 Å². The maximum absolute atomic E-state index is 13.7. The number of halogens is 1. The number of rotatable bonds is 18. The number of nitrogens with zero attached hydrogens (tertiary/aromatic N) is 1. The molecule has 1 N–H and O–H groups in total. The first-order valence-corrected chi connectivity index (χ1v) is 18.5. The third-order valence-corrected chi connectivity index (χ3v) is 9.48. The average Bonchev–Trinajstić information content (AvgIpc) is 3.89. The fourth-order valence-corrected chi connectivity index (χ4v) is 6.53. The highest BCUT2D eigenvalue weighted by atomic mass is 32.2. The van der Waals surface area contributed by atoms with Crippen molar-refractivity contribution in [3.63, 3.8) is 0 Å². The van der Waals surface area contributed by atoms with Crippen molar-refractivity contribution in [1.29, 1.82) is 0 Å². The molecule has 1 saturated carbocycles. The van der Waals surface area contributed by atoms with E-state index in [1.165, 1.54) is 16.4 Å². The van der Waals surface area contributed by atoms with Crippen LogP contribution in [0.3, 0.4) is 0 Å². The molecule has 0 bridgehead atoms. The summed E-state index contributed by atoms with van der Waals surface area (Å²) in [4.78, 5) is 36.4. The molecule has 13 heteroatoms. The highest BCUT2D eigenvalue weighted by Gasteiger charge is 2.33. The lowest BCUT2D eigenvalue weighted by atomic mass is 9.97. The van der Waals surface area contributed by atoms with Gasteiger partial charge in [0.2, 0.25) is 10.0 Å². The highest BCUT2D eigenvalue weighted by molar-refractivity contribution is 7.92. The Labute approximate surface area is 295 Å². The quantitative estimate of drug-likeness (QED) is 0.0292. The van der Waals surface area contributed by atoms with Crippen LogP contribution in [0.4, 0.5) is 10.1 Å². The smallest absolute Gasteiger partial charge is 0.379 e. The number of ketones is 2. The molecule has 1 aliphatic rings. The van der Waals surface area contributed by atoms with Gasteiger partial charge in [-0.25, -0.2) is 17.6 Å². The molecule has 0 unspecified atom stereocenters. The minimum Gasteiger partial charge on any atom is -0.507 e. The van der Waals surface area contributed by atoms with Crippen molar-refractivity contribution in [2.45, 2.75) is 45.6 Å². The minimum absolute atomic E-state index is 0.0352. The summed E-state index contributed by atoms with van der Waals surface area (Å²) in [5, 5.41) is 10.8. The van der Waals surface area contributed by atoms with Crippen LogP contribution in [-0.2, 0) is 40.4 Å². The van der Waals surface area contributed by atoms with Gasteiger partial charge in [-0.15, -0.1) is 0 Å². The number of esters is 1. The molecule has 0 atom stereocenters. The molecule has 1 heterocycles. The first-order valence-electron chi connectivity index (χ1n) is 16.6. The van der Waals surface area contributed by atoms with E-state index in [1.807, 2.05) is 6.07 Å². The second kappa shape index (κ2) is 16.4. The van der Waals surface area contributed by atoms with Crippen molar-refractivity contribution in [1.82, 2.24) is 0 Å². The van der Waals surface area contributed by atoms with Crippen LogP contribution in [0, 0.1) is 5.82 Å². The number of aliphatic hydroxyl groups excluding tert-OH is 1. The Hall–Kier alpha value is -4.85. The molecule has 0 radical (unpaired) electrons. The van der Waals surface area contributed by atoms with Crippen LogP contribution in [0.5, 0.6) is 0 Å². The number of benzene rings is 3. The Morgan fingerprint density at radius 1 is 0.980 bits per heavy atom. The van der Waals surface area contributed by atoms with Gasteiger partial charge in [0, 0.05) is 35.1 Å². The predicted molar refractivity (Wildman–Crippen MR) is 190 cm³/mol. The number of Topliss-reactive ketones (excluding diaryl/α,β-unsaturated/α-hetero) is 1. The molecule has 0 amide bonds. The van der Waals surface area contributed by atoms with Gasteiger partial charge in [0.1, 0.15) is 22.9 Å². The fourth-order valence-electron chi connectivity index (χ4n) is 5.61. The van der Waals surface area contributed by atoms with Crippen LogP contribution in [0.2, 0.25) is 0 Å². The lowest BCUT2D eigenvalue weighted by molar-refractivity contribution is -0.151. The summed E-state index contributed by atoms with van der Waals surface area (Å²) in [5.41, 5.74) is 3.72. The average molecular weight is 722 g/mol. The van der Waals surface area contributed by atoms with Crippen LogP contribution in [-0.4, -0.2) is 70.3 Å². The van der Waals surface area contributed by atoms with Gasteiger partial charge in [0.15, 0.2) is 5.78 Å². The number of carbonyl (C=O) groups is 3. The summed E-state index contributed by atoms with van der Waals surface area (Å²) in [5.74, 6) is -2.46. The zero-order valence-corrected chi connectivity index (χ0v) is 29.5. The normalized spacial score (nSPS) is 13.4. The van der Waals surface area contributed by atoms with Crippen LogP contribution in [0.25, 0.3) is 28.1 Å². The SMILES string of the molecule is CCOC(=O)C(=O)C=C(O)c1ccc(COCCOCCN(c2cc3oc(-c4ccc(F)cc4)c(C(=O)CC)c3cc2C2CC2)S(C)(=O)=O)cc1. The summed E-state index contributed by atoms with van der Waals surface area (Å²) in [6.07, 6.45) is 3.95. The summed E-state index contributed by atoms with van der Waals surface area (Å²) in [6.45, 7) is 4.17. The minimum atomic E-state index is -3.74. The standard InChI is InChI=1S/C38H40FNO10S/c1-4-32(41)36-30-20-29(25-10-11-25)31(21-35(30)50-37(36)27-12-14-28(39)15-13-27)40(51(3,45)46)16-17-47-18-19-48-23-24-6-8-26(9-7-24)33(42)22-34(43)38(44)49-5-2/h6-9,12-15,20-22,25,42H,4-5,10-11,16-19,23H2,1-3H3. The number of fused-ring (bicyclic) bond motifs is 1. The van der Waals surface area contributed by atoms with Gasteiger partial charge in [-0.3, -0.25) is 13.9 Å². The molecule has 0 saturated heterocycles. The number of hydrogen-bond donors (Lipinski definition) is 1.